The number of aryl methyl sites for hydroxylation is 2. The highest BCUT2D eigenvalue weighted by Gasteiger charge is 2.60. The summed E-state index contributed by atoms with van der Waals surface area (Å²) in [5.74, 6) is -1.21. The van der Waals surface area contributed by atoms with Gasteiger partial charge in [0, 0.05) is 22.2 Å². The maximum atomic E-state index is 13.8. The van der Waals surface area contributed by atoms with Crippen LogP contribution in [0.15, 0.2) is 78.9 Å². The highest BCUT2D eigenvalue weighted by Crippen LogP contribution is 2.49. The van der Waals surface area contributed by atoms with E-state index in [0.717, 1.165) is 33.4 Å². The van der Waals surface area contributed by atoms with Gasteiger partial charge in [0.15, 0.2) is 6.10 Å². The van der Waals surface area contributed by atoms with Crippen molar-refractivity contribution in [2.45, 2.75) is 26.0 Å². The van der Waals surface area contributed by atoms with Crippen molar-refractivity contribution in [3.8, 4) is 0 Å². The molecule has 2 aliphatic heterocycles. The Morgan fingerprint density at radius 2 is 1.48 bits per heavy atom. The Balaban J connectivity index is 1.51. The fraction of sp³-hybridized carbons (Fsp3) is 0.185. The fourth-order valence-corrected chi connectivity index (χ4v) is 5.13. The first-order valence-electron chi connectivity index (χ1n) is 11.1. The molecule has 3 aromatic carbocycles. The van der Waals surface area contributed by atoms with Gasteiger partial charge in [-0.05, 0) is 44.2 Å². The van der Waals surface area contributed by atoms with Gasteiger partial charge in [-0.2, -0.15) is 0 Å². The third-order valence-corrected chi connectivity index (χ3v) is 6.66. The Morgan fingerprint density at radius 1 is 0.788 bits per heavy atom. The summed E-state index contributed by atoms with van der Waals surface area (Å²) in [4.78, 5) is 38.3. The SMILES string of the molecule is Cc1ccc(N2C(=O)[C@@H]3[C@@H](ON(c4ccccc4)[C@H]3c3c(C)[nH]c4ccccc34)C2=O)cc1. The molecule has 3 heterocycles. The lowest BCUT2D eigenvalue weighted by atomic mass is 9.89. The lowest BCUT2D eigenvalue weighted by Gasteiger charge is -2.29. The molecular weight excluding hydrogens is 414 g/mol. The quantitative estimate of drug-likeness (QED) is 0.466. The summed E-state index contributed by atoms with van der Waals surface area (Å²) in [6.07, 6.45) is -0.878. The smallest absolute Gasteiger partial charge is 0.266 e. The minimum absolute atomic E-state index is 0.234. The Labute approximate surface area is 191 Å². The highest BCUT2D eigenvalue weighted by molar-refractivity contribution is 6.24. The zero-order valence-electron chi connectivity index (χ0n) is 18.4. The summed E-state index contributed by atoms with van der Waals surface area (Å²) >= 11 is 0. The standard InChI is InChI=1S/C27H23N3O3/c1-16-12-14-18(15-13-16)29-26(31)23-24(22-17(2)28-21-11-7-6-10-20(21)22)30(33-25(23)27(29)32)19-8-4-3-5-9-19/h3-15,23-25,28H,1-2H3/t23-,24-,25+/m0/s1. The molecule has 0 aliphatic carbocycles. The van der Waals surface area contributed by atoms with Crippen LogP contribution in [0, 0.1) is 19.8 Å². The Kier molecular flexibility index (Phi) is 4.38. The number of hydroxylamine groups is 1. The van der Waals surface area contributed by atoms with Gasteiger partial charge in [0.1, 0.15) is 5.92 Å². The van der Waals surface area contributed by atoms with Crippen LogP contribution >= 0.6 is 0 Å². The maximum Gasteiger partial charge on any atom is 0.266 e. The second-order valence-corrected chi connectivity index (χ2v) is 8.71. The first kappa shape index (κ1) is 19.8. The molecule has 0 saturated carbocycles. The number of aromatic nitrogens is 1. The Hall–Kier alpha value is -3.90. The monoisotopic (exact) mass is 437 g/mol. The van der Waals surface area contributed by atoms with E-state index in [1.165, 1.54) is 4.90 Å². The van der Waals surface area contributed by atoms with Crippen molar-refractivity contribution >= 4 is 34.1 Å². The van der Waals surface area contributed by atoms with E-state index in [0.29, 0.717) is 5.69 Å². The number of hydrogen-bond donors (Lipinski definition) is 1. The molecule has 6 heteroatoms. The van der Waals surface area contributed by atoms with Gasteiger partial charge in [0.25, 0.3) is 5.91 Å². The Morgan fingerprint density at radius 3 is 2.24 bits per heavy atom. The predicted molar refractivity (Wildman–Crippen MR) is 127 cm³/mol. The molecule has 0 radical (unpaired) electrons. The van der Waals surface area contributed by atoms with E-state index < -0.39 is 18.1 Å². The molecule has 1 N–H and O–H groups in total. The number of anilines is 2. The molecule has 164 valence electrons. The van der Waals surface area contributed by atoms with Gasteiger partial charge in [-0.1, -0.05) is 54.1 Å². The van der Waals surface area contributed by atoms with Crippen LogP contribution in [-0.4, -0.2) is 22.9 Å². The lowest BCUT2D eigenvalue weighted by molar-refractivity contribution is -0.126. The first-order chi connectivity index (χ1) is 16.0. The van der Waals surface area contributed by atoms with Crippen molar-refractivity contribution in [3.05, 3.63) is 95.7 Å². The van der Waals surface area contributed by atoms with Gasteiger partial charge in [-0.3, -0.25) is 14.4 Å². The van der Waals surface area contributed by atoms with E-state index in [9.17, 15) is 9.59 Å². The number of imide groups is 1. The Bertz CT molecular complexity index is 1380. The molecule has 2 saturated heterocycles. The molecule has 0 unspecified atom stereocenters. The van der Waals surface area contributed by atoms with E-state index in [2.05, 4.69) is 4.98 Å². The average Bonchev–Trinajstić information content (AvgIpc) is 3.44. The average molecular weight is 437 g/mol. The topological polar surface area (TPSA) is 65.6 Å². The number of nitrogens with zero attached hydrogens (tertiary/aromatic N) is 2. The number of hydrogen-bond acceptors (Lipinski definition) is 4. The summed E-state index contributed by atoms with van der Waals surface area (Å²) in [6.45, 7) is 3.98. The first-order valence-corrected chi connectivity index (χ1v) is 11.1. The van der Waals surface area contributed by atoms with Crippen molar-refractivity contribution in [1.29, 1.82) is 0 Å². The maximum absolute atomic E-state index is 13.8. The van der Waals surface area contributed by atoms with Gasteiger partial charge < -0.3 is 4.98 Å². The highest BCUT2D eigenvalue weighted by atomic mass is 16.7. The molecule has 1 aromatic heterocycles. The van der Waals surface area contributed by atoms with Crippen molar-refractivity contribution in [1.82, 2.24) is 4.98 Å². The summed E-state index contributed by atoms with van der Waals surface area (Å²) in [7, 11) is 0. The van der Waals surface area contributed by atoms with Crippen LogP contribution in [0.1, 0.15) is 22.9 Å². The molecule has 4 aromatic rings. The molecule has 33 heavy (non-hydrogen) atoms. The van der Waals surface area contributed by atoms with Crippen LogP contribution in [0.5, 0.6) is 0 Å². The van der Waals surface area contributed by atoms with Gasteiger partial charge in [-0.15, -0.1) is 0 Å². The number of rotatable bonds is 3. The van der Waals surface area contributed by atoms with Crippen LogP contribution in [0.25, 0.3) is 10.9 Å². The molecule has 2 fully saturated rings. The fourth-order valence-electron chi connectivity index (χ4n) is 5.13. The van der Waals surface area contributed by atoms with Gasteiger partial charge >= 0.3 is 0 Å². The molecule has 0 bridgehead atoms. The minimum atomic E-state index is -0.878. The van der Waals surface area contributed by atoms with E-state index in [1.54, 1.807) is 5.06 Å². The van der Waals surface area contributed by atoms with Gasteiger partial charge in [-0.25, -0.2) is 9.96 Å². The van der Waals surface area contributed by atoms with Crippen LogP contribution in [0.2, 0.25) is 0 Å². The molecule has 3 atom stereocenters. The van der Waals surface area contributed by atoms with Crippen LogP contribution < -0.4 is 9.96 Å². The summed E-state index contributed by atoms with van der Waals surface area (Å²) in [6, 6.07) is 24.7. The van der Waals surface area contributed by atoms with E-state index >= 15 is 0 Å². The van der Waals surface area contributed by atoms with Gasteiger partial charge in [0.05, 0.1) is 17.4 Å². The third kappa shape index (κ3) is 2.91. The third-order valence-electron chi connectivity index (χ3n) is 6.66. The molecule has 6 nitrogen and oxygen atoms in total. The van der Waals surface area contributed by atoms with Crippen LogP contribution in [0.4, 0.5) is 11.4 Å². The molecule has 6 rings (SSSR count). The van der Waals surface area contributed by atoms with Crippen LogP contribution in [0.3, 0.4) is 0 Å². The molecule has 2 aliphatic rings. The normalized spacial score (nSPS) is 22.4. The zero-order valence-corrected chi connectivity index (χ0v) is 18.4. The predicted octanol–water partition coefficient (Wildman–Crippen LogP) is 4.84. The summed E-state index contributed by atoms with van der Waals surface area (Å²) in [5.41, 5.74) is 5.39. The number of fused-ring (bicyclic) bond motifs is 2. The lowest BCUT2D eigenvalue weighted by Crippen LogP contribution is -2.37. The number of H-pyrrole nitrogens is 1. The summed E-state index contributed by atoms with van der Waals surface area (Å²) < 4.78 is 0. The van der Waals surface area contributed by atoms with Gasteiger partial charge in [0.2, 0.25) is 5.91 Å². The van der Waals surface area contributed by atoms with Crippen molar-refractivity contribution in [2.24, 2.45) is 5.92 Å². The van der Waals surface area contributed by atoms with E-state index in [-0.39, 0.29) is 11.8 Å². The molecular formula is C27H23N3O3. The number of nitrogens with one attached hydrogen (secondary N) is 1. The van der Waals surface area contributed by atoms with Crippen molar-refractivity contribution < 1.29 is 14.4 Å². The number of amides is 2. The largest absolute Gasteiger partial charge is 0.358 e. The van der Waals surface area contributed by atoms with E-state index in [1.807, 2.05) is 92.7 Å². The summed E-state index contributed by atoms with van der Waals surface area (Å²) in [5, 5.41) is 2.78. The second-order valence-electron chi connectivity index (χ2n) is 8.71. The van der Waals surface area contributed by atoms with Crippen LogP contribution in [-0.2, 0) is 14.4 Å². The number of carbonyl (C=O) groups excluding carboxylic acids is 2. The van der Waals surface area contributed by atoms with E-state index in [4.69, 9.17) is 4.84 Å². The molecule has 2 amide bonds. The number of carbonyl (C=O) groups is 2. The zero-order chi connectivity index (χ0) is 22.7. The number of aromatic amines is 1. The number of para-hydroxylation sites is 2. The minimum Gasteiger partial charge on any atom is -0.358 e. The number of benzene rings is 3. The van der Waals surface area contributed by atoms with Crippen molar-refractivity contribution in [3.63, 3.8) is 0 Å². The molecule has 0 spiro atoms. The second kappa shape index (κ2) is 7.32. The van der Waals surface area contributed by atoms with Crippen molar-refractivity contribution in [2.75, 3.05) is 9.96 Å².